The van der Waals surface area contributed by atoms with Crippen LogP contribution in [0.15, 0.2) is 22.1 Å². The number of ether oxygens (including phenoxy) is 1. The zero-order chi connectivity index (χ0) is 15.8. The van der Waals surface area contributed by atoms with Crippen LogP contribution in [0.25, 0.3) is 0 Å². The van der Waals surface area contributed by atoms with Crippen molar-refractivity contribution in [2.45, 2.75) is 64.4 Å². The highest BCUT2D eigenvalue weighted by Crippen LogP contribution is 2.42. The molecule has 0 bridgehead atoms. The quantitative estimate of drug-likeness (QED) is 0.703. The highest BCUT2D eigenvalue weighted by molar-refractivity contribution is 7.16. The van der Waals surface area contributed by atoms with Gasteiger partial charge in [0.05, 0.1) is 6.42 Å². The molecule has 1 aromatic heterocycles. The third-order valence-corrected chi connectivity index (χ3v) is 6.63. The Morgan fingerprint density at radius 3 is 2.83 bits per heavy atom. The maximum atomic E-state index is 6.26. The molecule has 0 atom stereocenters. The van der Waals surface area contributed by atoms with Crippen LogP contribution < -0.4 is 0 Å². The number of rotatable bonds is 2. The summed E-state index contributed by atoms with van der Waals surface area (Å²) in [6, 6.07) is 0. The van der Waals surface area contributed by atoms with Crippen LogP contribution >= 0.6 is 11.3 Å². The Kier molecular flexibility index (Phi) is 4.10. The monoisotopic (exact) mass is 328 g/mol. The zero-order valence-electron chi connectivity index (χ0n) is 13.8. The van der Waals surface area contributed by atoms with Crippen LogP contribution in [-0.4, -0.2) is 18.3 Å². The summed E-state index contributed by atoms with van der Waals surface area (Å²) in [5, 5.41) is 1.16. The van der Waals surface area contributed by atoms with Crippen LogP contribution in [0.1, 0.15) is 55.0 Å². The fourth-order valence-corrected chi connectivity index (χ4v) is 5.27. The van der Waals surface area contributed by atoms with E-state index in [9.17, 15) is 0 Å². The molecular weight excluding hydrogens is 304 g/mol. The summed E-state index contributed by atoms with van der Waals surface area (Å²) in [5.41, 5.74) is 4.23. The predicted octanol–water partition coefficient (Wildman–Crippen LogP) is 5.00. The van der Waals surface area contributed by atoms with Gasteiger partial charge in [-0.3, -0.25) is 0 Å². The molecule has 2 heterocycles. The highest BCUT2D eigenvalue weighted by atomic mass is 32.1. The molecule has 0 N–H and O–H groups in total. The third kappa shape index (κ3) is 3.01. The first-order valence-corrected chi connectivity index (χ1v) is 9.57. The van der Waals surface area contributed by atoms with Crippen LogP contribution in [0.2, 0.25) is 0 Å². The summed E-state index contributed by atoms with van der Waals surface area (Å²) in [4.78, 5) is 10.6. The van der Waals surface area contributed by atoms with Gasteiger partial charge in [-0.15, -0.1) is 11.3 Å². The molecule has 1 saturated carbocycles. The number of allylic oxidation sites excluding steroid dienone is 1. The molecule has 2 aliphatic carbocycles. The van der Waals surface area contributed by atoms with Crippen molar-refractivity contribution in [3.63, 3.8) is 0 Å². The van der Waals surface area contributed by atoms with E-state index in [2.05, 4.69) is 23.5 Å². The Bertz CT molecular complexity index is 678. The van der Waals surface area contributed by atoms with E-state index in [1.165, 1.54) is 53.7 Å². The van der Waals surface area contributed by atoms with Gasteiger partial charge in [0.25, 0.3) is 0 Å². The molecule has 0 unspecified atom stereocenters. The van der Waals surface area contributed by atoms with Crippen molar-refractivity contribution in [1.29, 1.82) is 0 Å². The Morgan fingerprint density at radius 1 is 1.22 bits per heavy atom. The van der Waals surface area contributed by atoms with Gasteiger partial charge in [0.1, 0.15) is 17.4 Å². The van der Waals surface area contributed by atoms with E-state index in [1.54, 1.807) is 6.34 Å². The topological polar surface area (TPSA) is 34.0 Å². The predicted molar refractivity (Wildman–Crippen MR) is 97.3 cm³/mol. The second kappa shape index (κ2) is 6.23. The average Bonchev–Trinajstić information content (AvgIpc) is 3.05. The second-order valence-electron chi connectivity index (χ2n) is 7.02. The SMILES string of the molecule is C=C(C)C1CCC(OC2=NC=Nc3sc4c(c3C2)CCC4)CC1. The van der Waals surface area contributed by atoms with Gasteiger partial charge >= 0.3 is 0 Å². The Labute approximate surface area is 142 Å². The van der Waals surface area contributed by atoms with E-state index in [1.807, 2.05) is 11.3 Å². The zero-order valence-corrected chi connectivity index (χ0v) is 14.6. The number of aliphatic imine (C=N–C) groups is 2. The summed E-state index contributed by atoms with van der Waals surface area (Å²) in [5.74, 6) is 1.54. The third-order valence-electron chi connectivity index (χ3n) is 5.39. The number of nitrogens with zero attached hydrogens (tertiary/aromatic N) is 2. The summed E-state index contributed by atoms with van der Waals surface area (Å²) >= 11 is 1.85. The maximum Gasteiger partial charge on any atom is 0.194 e. The van der Waals surface area contributed by atoms with E-state index in [4.69, 9.17) is 4.74 Å². The molecule has 0 spiro atoms. The minimum atomic E-state index is 0.311. The van der Waals surface area contributed by atoms with Crippen molar-refractivity contribution in [2.24, 2.45) is 15.9 Å². The number of fused-ring (bicyclic) bond motifs is 3. The summed E-state index contributed by atoms with van der Waals surface area (Å²) in [6.07, 6.45) is 11.1. The molecular formula is C19H24N2OS. The number of aryl methyl sites for hydroxylation is 1. The van der Waals surface area contributed by atoms with E-state index >= 15 is 0 Å². The molecule has 0 saturated heterocycles. The second-order valence-corrected chi connectivity index (χ2v) is 8.11. The first-order chi connectivity index (χ1) is 11.2. The smallest absolute Gasteiger partial charge is 0.194 e. The Morgan fingerprint density at radius 2 is 2.04 bits per heavy atom. The molecule has 4 rings (SSSR count). The lowest BCUT2D eigenvalue weighted by Gasteiger charge is -2.29. The van der Waals surface area contributed by atoms with Gasteiger partial charge in [-0.25, -0.2) is 9.98 Å². The first-order valence-electron chi connectivity index (χ1n) is 8.75. The lowest BCUT2D eigenvalue weighted by molar-refractivity contribution is 0.125. The Balaban J connectivity index is 1.43. The lowest BCUT2D eigenvalue weighted by Crippen LogP contribution is -2.25. The first kappa shape index (κ1) is 15.1. The van der Waals surface area contributed by atoms with E-state index in [0.29, 0.717) is 12.0 Å². The van der Waals surface area contributed by atoms with Gasteiger partial charge in [-0.05, 0) is 63.4 Å². The molecule has 23 heavy (non-hydrogen) atoms. The van der Waals surface area contributed by atoms with Gasteiger partial charge < -0.3 is 4.74 Å². The largest absolute Gasteiger partial charge is 0.477 e. The molecule has 0 amide bonds. The van der Waals surface area contributed by atoms with Crippen molar-refractivity contribution in [3.8, 4) is 0 Å². The fourth-order valence-electron chi connectivity index (χ4n) is 4.02. The fraction of sp³-hybridized carbons (Fsp3) is 0.579. The van der Waals surface area contributed by atoms with Gasteiger partial charge in [-0.2, -0.15) is 0 Å². The maximum absolute atomic E-state index is 6.26. The van der Waals surface area contributed by atoms with Gasteiger partial charge in [0.2, 0.25) is 0 Å². The molecule has 0 radical (unpaired) electrons. The summed E-state index contributed by atoms with van der Waals surface area (Å²) in [6.45, 7) is 6.25. The summed E-state index contributed by atoms with van der Waals surface area (Å²) in [7, 11) is 0. The van der Waals surface area contributed by atoms with Crippen molar-refractivity contribution >= 4 is 28.6 Å². The van der Waals surface area contributed by atoms with Crippen LogP contribution in [-0.2, 0) is 24.0 Å². The number of hydrogen-bond acceptors (Lipinski definition) is 4. The molecule has 122 valence electrons. The standard InChI is InChI=1S/C19H24N2OS/c1-12(2)13-6-8-14(9-7-13)22-18-10-16-15-4-3-5-17(15)23-19(16)21-11-20-18/h11,13-14H,1,3-10H2,2H3. The Hall–Kier alpha value is -1.42. The van der Waals surface area contributed by atoms with Crippen LogP contribution in [0.5, 0.6) is 0 Å². The lowest BCUT2D eigenvalue weighted by atomic mass is 9.83. The van der Waals surface area contributed by atoms with E-state index < -0.39 is 0 Å². The highest BCUT2D eigenvalue weighted by Gasteiger charge is 2.27. The van der Waals surface area contributed by atoms with Crippen molar-refractivity contribution in [2.75, 3.05) is 0 Å². The summed E-state index contributed by atoms with van der Waals surface area (Å²) < 4.78 is 6.26. The minimum Gasteiger partial charge on any atom is -0.477 e. The van der Waals surface area contributed by atoms with E-state index in [0.717, 1.165) is 30.2 Å². The molecule has 0 aromatic carbocycles. The van der Waals surface area contributed by atoms with E-state index in [-0.39, 0.29) is 0 Å². The number of hydrogen-bond donors (Lipinski definition) is 0. The van der Waals surface area contributed by atoms with Gasteiger partial charge in [-0.1, -0.05) is 12.2 Å². The number of thiophene rings is 1. The van der Waals surface area contributed by atoms with Crippen LogP contribution in [0.4, 0.5) is 5.00 Å². The normalized spacial score (nSPS) is 26.2. The minimum absolute atomic E-state index is 0.311. The molecule has 3 nitrogen and oxygen atoms in total. The van der Waals surface area contributed by atoms with Gasteiger partial charge in [0.15, 0.2) is 5.90 Å². The molecule has 3 aliphatic rings. The van der Waals surface area contributed by atoms with Crippen LogP contribution in [0.3, 0.4) is 0 Å². The molecule has 1 fully saturated rings. The molecule has 4 heteroatoms. The average molecular weight is 328 g/mol. The van der Waals surface area contributed by atoms with Crippen molar-refractivity contribution in [1.82, 2.24) is 0 Å². The van der Waals surface area contributed by atoms with Crippen molar-refractivity contribution in [3.05, 3.63) is 28.2 Å². The van der Waals surface area contributed by atoms with Gasteiger partial charge in [0, 0.05) is 10.4 Å². The van der Waals surface area contributed by atoms with Crippen molar-refractivity contribution < 1.29 is 4.74 Å². The molecule has 1 aliphatic heterocycles. The molecule has 1 aromatic rings. The van der Waals surface area contributed by atoms with Crippen LogP contribution in [0, 0.1) is 5.92 Å².